The normalized spacial score (nSPS) is 12.3. The van der Waals surface area contributed by atoms with Crippen LogP contribution in [0.4, 0.5) is 5.88 Å². The number of hydrogen-bond acceptors (Lipinski definition) is 4. The van der Waals surface area contributed by atoms with Gasteiger partial charge in [0.1, 0.15) is 11.3 Å². The molecule has 0 amide bonds. The van der Waals surface area contributed by atoms with E-state index in [9.17, 15) is 4.79 Å². The molecule has 0 spiro atoms. The molecule has 0 aliphatic carbocycles. The maximum absolute atomic E-state index is 12.9. The summed E-state index contributed by atoms with van der Waals surface area (Å²) in [5.41, 5.74) is 7.58. The molecule has 1 aromatic heterocycles. The fourth-order valence-electron chi connectivity index (χ4n) is 2.57. The minimum absolute atomic E-state index is 0.0834. The van der Waals surface area contributed by atoms with Gasteiger partial charge in [-0.1, -0.05) is 51.1 Å². The van der Waals surface area contributed by atoms with Gasteiger partial charge in [-0.05, 0) is 36.3 Å². The molecular formula is C21H25NO3Si. The van der Waals surface area contributed by atoms with Crippen LogP contribution < -0.4 is 10.2 Å². The van der Waals surface area contributed by atoms with E-state index >= 15 is 0 Å². The van der Waals surface area contributed by atoms with Crippen LogP contribution in [0, 0.1) is 0 Å². The number of carbonyl (C=O) groups is 1. The summed E-state index contributed by atoms with van der Waals surface area (Å²) >= 11 is 0. The van der Waals surface area contributed by atoms with Crippen molar-refractivity contribution in [3.63, 3.8) is 0 Å². The summed E-state index contributed by atoms with van der Waals surface area (Å²) in [4.78, 5) is 12.9. The summed E-state index contributed by atoms with van der Waals surface area (Å²) in [7, 11) is -1.98. The Morgan fingerprint density at radius 1 is 1.08 bits per heavy atom. The molecule has 136 valence electrons. The van der Waals surface area contributed by atoms with Crippen LogP contribution in [-0.4, -0.2) is 14.1 Å². The largest absolute Gasteiger partial charge is 0.543 e. The molecule has 0 aliphatic heterocycles. The Hall–Kier alpha value is -2.53. The van der Waals surface area contributed by atoms with E-state index in [1.54, 1.807) is 12.1 Å². The van der Waals surface area contributed by atoms with Crippen molar-refractivity contribution in [2.24, 2.45) is 0 Å². The molecule has 2 N–H and O–H groups in total. The first-order valence-electron chi connectivity index (χ1n) is 8.71. The van der Waals surface area contributed by atoms with Gasteiger partial charge < -0.3 is 14.6 Å². The number of benzene rings is 2. The Balaban J connectivity index is 2.06. The van der Waals surface area contributed by atoms with Crippen LogP contribution in [0.25, 0.3) is 11.0 Å². The molecule has 0 saturated carbocycles. The third-order valence-corrected chi connectivity index (χ3v) is 9.49. The number of rotatable bonds is 4. The molecule has 4 nitrogen and oxygen atoms in total. The van der Waals surface area contributed by atoms with E-state index in [1.165, 1.54) is 0 Å². The van der Waals surface area contributed by atoms with E-state index in [-0.39, 0.29) is 16.7 Å². The maximum atomic E-state index is 12.9. The lowest BCUT2D eigenvalue weighted by Crippen LogP contribution is -2.43. The van der Waals surface area contributed by atoms with Gasteiger partial charge in [0.05, 0.1) is 5.56 Å². The Morgan fingerprint density at radius 3 is 2.35 bits per heavy atom. The molecule has 0 saturated heterocycles. The van der Waals surface area contributed by atoms with E-state index in [2.05, 4.69) is 33.9 Å². The highest BCUT2D eigenvalue weighted by atomic mass is 28.4. The lowest BCUT2D eigenvalue weighted by molar-refractivity contribution is 0.104. The Morgan fingerprint density at radius 2 is 1.73 bits per heavy atom. The highest BCUT2D eigenvalue weighted by molar-refractivity contribution is 6.74. The summed E-state index contributed by atoms with van der Waals surface area (Å²) in [5.74, 6) is 0.733. The van der Waals surface area contributed by atoms with Gasteiger partial charge >= 0.3 is 0 Å². The Labute approximate surface area is 155 Å². The SMILES string of the molecule is CC(C)(C)[Si](C)(C)Oc1ccc2oc(N)c(C(=O)c3ccccc3)c2c1. The van der Waals surface area contributed by atoms with Crippen LogP contribution in [0.3, 0.4) is 0 Å². The van der Waals surface area contributed by atoms with Gasteiger partial charge in [0, 0.05) is 10.9 Å². The molecule has 0 atom stereocenters. The molecule has 0 bridgehead atoms. The lowest BCUT2D eigenvalue weighted by atomic mass is 10.0. The smallest absolute Gasteiger partial charge is 0.250 e. The van der Waals surface area contributed by atoms with Crippen LogP contribution in [0.1, 0.15) is 36.7 Å². The molecule has 1 heterocycles. The van der Waals surface area contributed by atoms with E-state index in [1.807, 2.05) is 36.4 Å². The zero-order chi connectivity index (χ0) is 19.1. The minimum Gasteiger partial charge on any atom is -0.543 e. The van der Waals surface area contributed by atoms with Gasteiger partial charge in [-0.25, -0.2) is 0 Å². The fraction of sp³-hybridized carbons (Fsp3) is 0.286. The number of ketones is 1. The van der Waals surface area contributed by atoms with Crippen LogP contribution >= 0.6 is 0 Å². The average molecular weight is 368 g/mol. The van der Waals surface area contributed by atoms with Gasteiger partial charge in [-0.15, -0.1) is 0 Å². The molecule has 0 radical (unpaired) electrons. The van der Waals surface area contributed by atoms with Crippen LogP contribution in [-0.2, 0) is 0 Å². The van der Waals surface area contributed by atoms with Crippen molar-refractivity contribution in [1.29, 1.82) is 0 Å². The third kappa shape index (κ3) is 3.27. The summed E-state index contributed by atoms with van der Waals surface area (Å²) in [5, 5.41) is 0.771. The molecular weight excluding hydrogens is 342 g/mol. The van der Waals surface area contributed by atoms with Crippen molar-refractivity contribution in [2.45, 2.75) is 38.9 Å². The number of furan rings is 1. The third-order valence-electron chi connectivity index (χ3n) is 5.13. The zero-order valence-electron chi connectivity index (χ0n) is 15.9. The highest BCUT2D eigenvalue weighted by Gasteiger charge is 2.39. The van der Waals surface area contributed by atoms with Crippen molar-refractivity contribution < 1.29 is 13.6 Å². The highest BCUT2D eigenvalue weighted by Crippen LogP contribution is 2.39. The minimum atomic E-state index is -1.98. The first-order chi connectivity index (χ1) is 12.1. The van der Waals surface area contributed by atoms with Crippen LogP contribution in [0.2, 0.25) is 18.1 Å². The fourth-order valence-corrected chi connectivity index (χ4v) is 3.60. The van der Waals surface area contributed by atoms with Gasteiger partial charge in [0.15, 0.2) is 5.78 Å². The van der Waals surface area contributed by atoms with Crippen molar-refractivity contribution >= 4 is 31.0 Å². The molecule has 3 aromatic rings. The summed E-state index contributed by atoms with van der Waals surface area (Å²) in [6.07, 6.45) is 0. The van der Waals surface area contributed by atoms with E-state index < -0.39 is 8.32 Å². The number of nitrogens with two attached hydrogens (primary N) is 1. The number of nitrogen functional groups attached to an aromatic ring is 1. The Kier molecular flexibility index (Phi) is 4.44. The number of anilines is 1. The van der Waals surface area contributed by atoms with E-state index in [4.69, 9.17) is 14.6 Å². The molecule has 3 rings (SSSR count). The second-order valence-corrected chi connectivity index (χ2v) is 12.8. The first kappa shape index (κ1) is 18.3. The lowest BCUT2D eigenvalue weighted by Gasteiger charge is -2.36. The van der Waals surface area contributed by atoms with Crippen LogP contribution in [0.15, 0.2) is 52.9 Å². The monoisotopic (exact) mass is 367 g/mol. The summed E-state index contributed by atoms with van der Waals surface area (Å²) in [6, 6.07) is 14.6. The van der Waals surface area contributed by atoms with Gasteiger partial charge in [0.2, 0.25) is 14.2 Å². The van der Waals surface area contributed by atoms with E-state index in [0.717, 1.165) is 5.75 Å². The quantitative estimate of drug-likeness (QED) is 0.479. The van der Waals surface area contributed by atoms with Crippen molar-refractivity contribution in [2.75, 3.05) is 5.73 Å². The summed E-state index contributed by atoms with van der Waals surface area (Å²) in [6.45, 7) is 11.0. The second-order valence-electron chi connectivity index (χ2n) is 8.06. The Bertz CT molecular complexity index is 953. The van der Waals surface area contributed by atoms with Crippen molar-refractivity contribution in [1.82, 2.24) is 0 Å². The van der Waals surface area contributed by atoms with E-state index in [0.29, 0.717) is 22.1 Å². The van der Waals surface area contributed by atoms with Crippen LogP contribution in [0.5, 0.6) is 5.75 Å². The van der Waals surface area contributed by atoms with Crippen molar-refractivity contribution in [3.8, 4) is 5.75 Å². The standard InChI is InChI=1S/C21H25NO3Si/c1-21(2,3)26(4,5)25-15-11-12-17-16(13-15)18(20(22)24-17)19(23)14-9-7-6-8-10-14/h6-13H,22H2,1-5H3. The number of carbonyl (C=O) groups excluding carboxylic acids is 1. The number of hydrogen-bond donors (Lipinski definition) is 1. The molecule has 5 heteroatoms. The summed E-state index contributed by atoms with van der Waals surface area (Å²) < 4.78 is 12.0. The molecule has 26 heavy (non-hydrogen) atoms. The van der Waals surface area contributed by atoms with Gasteiger partial charge in [0.25, 0.3) is 0 Å². The predicted molar refractivity (Wildman–Crippen MR) is 108 cm³/mol. The molecule has 2 aromatic carbocycles. The van der Waals surface area contributed by atoms with Gasteiger partial charge in [-0.3, -0.25) is 4.79 Å². The molecule has 0 aliphatic rings. The topological polar surface area (TPSA) is 65.5 Å². The average Bonchev–Trinajstić information content (AvgIpc) is 2.89. The zero-order valence-corrected chi connectivity index (χ0v) is 16.9. The number of fused-ring (bicyclic) bond motifs is 1. The predicted octanol–water partition coefficient (Wildman–Crippen LogP) is 5.63. The molecule has 0 fully saturated rings. The van der Waals surface area contributed by atoms with Gasteiger partial charge in [-0.2, -0.15) is 0 Å². The molecule has 0 unspecified atom stereocenters. The van der Waals surface area contributed by atoms with Crippen molar-refractivity contribution in [3.05, 3.63) is 59.7 Å². The maximum Gasteiger partial charge on any atom is 0.250 e. The first-order valence-corrected chi connectivity index (χ1v) is 11.6. The second kappa shape index (κ2) is 6.32.